The van der Waals surface area contributed by atoms with E-state index in [9.17, 15) is 8.78 Å². The van der Waals surface area contributed by atoms with E-state index < -0.39 is 22.9 Å². The van der Waals surface area contributed by atoms with Crippen LogP contribution < -0.4 is 5.32 Å². The molecule has 4 nitrogen and oxygen atoms in total. The summed E-state index contributed by atoms with van der Waals surface area (Å²) in [5.74, 6) is -1.81. The molecule has 0 bridgehead atoms. The highest BCUT2D eigenvalue weighted by atomic mass is 32.1. The van der Waals surface area contributed by atoms with Crippen LogP contribution in [0.15, 0.2) is 28.3 Å². The first-order valence-corrected chi connectivity index (χ1v) is 4.87. The molecule has 0 unspecified atom stereocenters. The topological polar surface area (TPSA) is 83.4 Å². The van der Waals surface area contributed by atoms with E-state index in [2.05, 4.69) is 17.9 Å². The third-order valence-electron chi connectivity index (χ3n) is 1.87. The van der Waals surface area contributed by atoms with Crippen LogP contribution in [0, 0.1) is 45.6 Å². The maximum Gasteiger partial charge on any atom is 0.163 e. The average Bonchev–Trinajstić information content (AvgIpc) is 2.32. The predicted molar refractivity (Wildman–Crippen MR) is 61.1 cm³/mol. The second-order valence-corrected chi connectivity index (χ2v) is 3.47. The molecule has 0 amide bonds. The number of hydrogen-bond donors (Lipinski definition) is 2. The second-order valence-electron chi connectivity index (χ2n) is 2.99. The van der Waals surface area contributed by atoms with Gasteiger partial charge >= 0.3 is 0 Å². The highest BCUT2D eigenvalue weighted by molar-refractivity contribution is 7.80. The molecule has 0 aliphatic heterocycles. The summed E-state index contributed by atoms with van der Waals surface area (Å²) in [6.07, 6.45) is 0. The standard InChI is InChI=1S/C11H4F2N4S/c12-7-1-8(13)11(10(18)2-7)17-9(5-16)6(3-14)4-15/h1-2,17-18H. The highest BCUT2D eigenvalue weighted by Crippen LogP contribution is 2.26. The van der Waals surface area contributed by atoms with E-state index in [-0.39, 0.29) is 10.6 Å². The van der Waals surface area contributed by atoms with Crippen LogP contribution in [0.2, 0.25) is 0 Å². The van der Waals surface area contributed by atoms with Crippen molar-refractivity contribution in [2.45, 2.75) is 4.90 Å². The smallest absolute Gasteiger partial charge is 0.163 e. The first kappa shape index (κ1) is 13.5. The molecule has 1 aromatic carbocycles. The molecule has 88 valence electrons. The minimum Gasteiger partial charge on any atom is -0.342 e. The first-order valence-electron chi connectivity index (χ1n) is 4.43. The Bertz CT molecular complexity index is 607. The van der Waals surface area contributed by atoms with Gasteiger partial charge in [0.05, 0.1) is 5.69 Å². The molecule has 0 saturated carbocycles. The number of nitriles is 3. The van der Waals surface area contributed by atoms with Gasteiger partial charge in [0.2, 0.25) is 0 Å². The van der Waals surface area contributed by atoms with E-state index in [1.165, 1.54) is 12.1 Å². The fraction of sp³-hybridized carbons (Fsp3) is 0. The summed E-state index contributed by atoms with van der Waals surface area (Å²) in [7, 11) is 0. The molecule has 0 radical (unpaired) electrons. The van der Waals surface area contributed by atoms with Crippen LogP contribution in [0.1, 0.15) is 0 Å². The number of anilines is 1. The molecule has 1 aromatic rings. The molecule has 1 N–H and O–H groups in total. The number of nitrogens with one attached hydrogen (secondary N) is 1. The van der Waals surface area contributed by atoms with Crippen LogP contribution in [0.4, 0.5) is 14.5 Å². The molecule has 0 atom stereocenters. The molecule has 0 aromatic heterocycles. The van der Waals surface area contributed by atoms with Gasteiger partial charge < -0.3 is 5.32 Å². The van der Waals surface area contributed by atoms with E-state index in [0.717, 1.165) is 6.07 Å². The zero-order valence-electron chi connectivity index (χ0n) is 8.70. The Balaban J connectivity index is 3.30. The summed E-state index contributed by atoms with van der Waals surface area (Å²) in [4.78, 5) is -0.0875. The Morgan fingerprint density at radius 2 is 1.72 bits per heavy atom. The van der Waals surface area contributed by atoms with Gasteiger partial charge in [0.1, 0.15) is 29.7 Å². The molecular weight excluding hydrogens is 258 g/mol. The van der Waals surface area contributed by atoms with Crippen LogP contribution in [0.3, 0.4) is 0 Å². The van der Waals surface area contributed by atoms with E-state index in [4.69, 9.17) is 15.8 Å². The molecule has 18 heavy (non-hydrogen) atoms. The van der Waals surface area contributed by atoms with Crippen molar-refractivity contribution in [1.29, 1.82) is 15.8 Å². The van der Waals surface area contributed by atoms with Crippen LogP contribution >= 0.6 is 12.6 Å². The molecule has 7 heteroatoms. The van der Waals surface area contributed by atoms with E-state index in [1.807, 2.05) is 0 Å². The van der Waals surface area contributed by atoms with Crippen molar-refractivity contribution < 1.29 is 8.78 Å². The number of halogens is 2. The van der Waals surface area contributed by atoms with Gasteiger partial charge in [-0.1, -0.05) is 0 Å². The minimum atomic E-state index is -0.983. The Morgan fingerprint density at radius 3 is 2.17 bits per heavy atom. The lowest BCUT2D eigenvalue weighted by Crippen LogP contribution is -2.04. The maximum atomic E-state index is 13.4. The van der Waals surface area contributed by atoms with Crippen molar-refractivity contribution in [3.63, 3.8) is 0 Å². The average molecular weight is 262 g/mol. The first-order chi connectivity index (χ1) is 8.53. The third kappa shape index (κ3) is 2.76. The summed E-state index contributed by atoms with van der Waals surface area (Å²) in [5, 5.41) is 28.2. The van der Waals surface area contributed by atoms with Crippen molar-refractivity contribution in [2.24, 2.45) is 0 Å². The van der Waals surface area contributed by atoms with Gasteiger partial charge in [0, 0.05) is 11.0 Å². The highest BCUT2D eigenvalue weighted by Gasteiger charge is 2.13. The summed E-state index contributed by atoms with van der Waals surface area (Å²) < 4.78 is 26.3. The van der Waals surface area contributed by atoms with Gasteiger partial charge in [-0.2, -0.15) is 15.8 Å². The van der Waals surface area contributed by atoms with Crippen LogP contribution in [0.25, 0.3) is 0 Å². The Labute approximate surface area is 107 Å². The van der Waals surface area contributed by atoms with Gasteiger partial charge in [-0.15, -0.1) is 12.6 Å². The Kier molecular flexibility index (Phi) is 4.26. The zero-order chi connectivity index (χ0) is 13.7. The van der Waals surface area contributed by atoms with E-state index in [0.29, 0.717) is 6.07 Å². The number of allylic oxidation sites excluding steroid dienone is 2. The molecule has 1 rings (SSSR count). The van der Waals surface area contributed by atoms with Crippen molar-refractivity contribution >= 4 is 18.3 Å². The van der Waals surface area contributed by atoms with Crippen molar-refractivity contribution in [3.05, 3.63) is 35.0 Å². The van der Waals surface area contributed by atoms with Gasteiger partial charge in [0.15, 0.2) is 11.4 Å². The lowest BCUT2D eigenvalue weighted by molar-refractivity contribution is 0.580. The van der Waals surface area contributed by atoms with Crippen molar-refractivity contribution in [2.75, 3.05) is 5.32 Å². The lowest BCUT2D eigenvalue weighted by Gasteiger charge is -2.08. The fourth-order valence-electron chi connectivity index (χ4n) is 1.09. The van der Waals surface area contributed by atoms with Crippen LogP contribution in [0.5, 0.6) is 0 Å². The summed E-state index contributed by atoms with van der Waals surface area (Å²) >= 11 is 3.84. The third-order valence-corrected chi connectivity index (χ3v) is 2.22. The van der Waals surface area contributed by atoms with Gasteiger partial charge in [-0.25, -0.2) is 8.78 Å². The maximum absolute atomic E-state index is 13.4. The summed E-state index contributed by atoms with van der Waals surface area (Å²) in [6.45, 7) is 0. The van der Waals surface area contributed by atoms with Gasteiger partial charge in [-0.3, -0.25) is 0 Å². The molecule has 0 fully saturated rings. The second kappa shape index (κ2) is 5.67. The number of nitrogens with zero attached hydrogens (tertiary/aromatic N) is 3. The number of thiol groups is 1. The molecular formula is C11H4F2N4S. The minimum absolute atomic E-state index is 0.0875. The molecule has 0 aliphatic carbocycles. The van der Waals surface area contributed by atoms with Crippen LogP contribution in [-0.2, 0) is 0 Å². The number of benzene rings is 1. The van der Waals surface area contributed by atoms with Crippen LogP contribution in [-0.4, -0.2) is 0 Å². The van der Waals surface area contributed by atoms with Gasteiger partial charge in [-0.05, 0) is 6.07 Å². The number of rotatable bonds is 2. The zero-order valence-corrected chi connectivity index (χ0v) is 9.59. The fourth-order valence-corrected chi connectivity index (χ4v) is 1.38. The molecule has 0 spiro atoms. The van der Waals surface area contributed by atoms with Gasteiger partial charge in [0.25, 0.3) is 0 Å². The monoisotopic (exact) mass is 262 g/mol. The predicted octanol–water partition coefficient (Wildman–Crippen LogP) is 2.49. The largest absolute Gasteiger partial charge is 0.342 e. The molecule has 0 aliphatic rings. The van der Waals surface area contributed by atoms with E-state index in [1.54, 1.807) is 6.07 Å². The number of hydrogen-bond acceptors (Lipinski definition) is 5. The summed E-state index contributed by atoms with van der Waals surface area (Å²) in [6, 6.07) is 6.05. The normalized spacial score (nSPS) is 8.67. The summed E-state index contributed by atoms with van der Waals surface area (Å²) in [5.41, 5.74) is -1.21. The van der Waals surface area contributed by atoms with Crippen molar-refractivity contribution in [1.82, 2.24) is 0 Å². The Hall–Kier alpha value is -2.56. The lowest BCUT2D eigenvalue weighted by atomic mass is 10.2. The quantitative estimate of drug-likeness (QED) is 0.633. The SMILES string of the molecule is N#CC(C#N)=C(C#N)Nc1c(F)cc(F)cc1S. The van der Waals surface area contributed by atoms with E-state index >= 15 is 0 Å². The van der Waals surface area contributed by atoms with Crippen molar-refractivity contribution in [3.8, 4) is 18.2 Å². The molecule has 0 heterocycles. The molecule has 0 saturated heterocycles. The Morgan fingerprint density at radius 1 is 1.11 bits per heavy atom.